The molecule has 1 aromatic carbocycles. The Hall–Kier alpha value is -3.52. The summed E-state index contributed by atoms with van der Waals surface area (Å²) < 4.78 is 7.08. The van der Waals surface area contributed by atoms with Crippen LogP contribution in [0.15, 0.2) is 36.7 Å². The van der Waals surface area contributed by atoms with Gasteiger partial charge in [-0.2, -0.15) is 0 Å². The lowest BCUT2D eigenvalue weighted by molar-refractivity contribution is -0.137. The fourth-order valence-electron chi connectivity index (χ4n) is 3.55. The van der Waals surface area contributed by atoms with E-state index in [1.165, 1.54) is 16.5 Å². The quantitative estimate of drug-likeness (QED) is 0.413. The average molecular weight is 436 g/mol. The van der Waals surface area contributed by atoms with E-state index >= 15 is 0 Å². The summed E-state index contributed by atoms with van der Waals surface area (Å²) in [5, 5.41) is 23.4. The normalized spacial score (nSPS) is 22.5. The van der Waals surface area contributed by atoms with Gasteiger partial charge in [-0.3, -0.25) is 9.36 Å². The zero-order valence-corrected chi connectivity index (χ0v) is 17.5. The van der Waals surface area contributed by atoms with Crippen LogP contribution in [0.5, 0.6) is 0 Å². The molecule has 3 heterocycles. The number of carbonyl (C=O) groups excluding carboxylic acids is 1. The number of hydrogen-bond donors (Lipinski definition) is 4. The lowest BCUT2D eigenvalue weighted by Crippen LogP contribution is -2.42. The maximum Gasteiger partial charge on any atom is 0.252 e. The van der Waals surface area contributed by atoms with Crippen molar-refractivity contribution in [3.63, 3.8) is 0 Å². The van der Waals surface area contributed by atoms with Crippen molar-refractivity contribution in [3.8, 4) is 11.8 Å². The van der Waals surface area contributed by atoms with Gasteiger partial charge in [0, 0.05) is 13.0 Å². The highest BCUT2D eigenvalue weighted by molar-refractivity contribution is 5.83. The molecule has 166 valence electrons. The number of nitrogens with one attached hydrogen (secondary N) is 1. The average Bonchev–Trinajstić information content (AvgIpc) is 3.34. The van der Waals surface area contributed by atoms with Gasteiger partial charge in [0.25, 0.3) is 5.91 Å². The van der Waals surface area contributed by atoms with Crippen molar-refractivity contribution in [2.75, 3.05) is 12.3 Å². The van der Waals surface area contributed by atoms with Crippen LogP contribution in [0.4, 0.5) is 5.82 Å². The molecule has 1 aliphatic heterocycles. The number of likely N-dealkylation sites (N-methyl/N-ethyl adjacent to an activating group) is 1. The molecule has 1 unspecified atom stereocenters. The molecule has 10 heteroatoms. The highest BCUT2D eigenvalue weighted by Gasteiger charge is 2.47. The first-order valence-corrected chi connectivity index (χ1v) is 10.3. The van der Waals surface area contributed by atoms with E-state index in [0.29, 0.717) is 18.5 Å². The summed E-state index contributed by atoms with van der Waals surface area (Å²) in [4.78, 5) is 24.9. The third kappa shape index (κ3) is 4.27. The van der Waals surface area contributed by atoms with Crippen molar-refractivity contribution < 1.29 is 19.7 Å². The molecule has 10 nitrogen and oxygen atoms in total. The van der Waals surface area contributed by atoms with Crippen LogP contribution in [0.2, 0.25) is 0 Å². The van der Waals surface area contributed by atoms with Gasteiger partial charge in [0.05, 0.1) is 6.33 Å². The first-order valence-electron chi connectivity index (χ1n) is 10.3. The van der Waals surface area contributed by atoms with Crippen molar-refractivity contribution in [1.82, 2.24) is 24.8 Å². The maximum absolute atomic E-state index is 12.1. The smallest absolute Gasteiger partial charge is 0.252 e. The van der Waals surface area contributed by atoms with Crippen molar-refractivity contribution in [3.05, 3.63) is 48.0 Å². The Labute approximate surface area is 184 Å². The zero-order chi connectivity index (χ0) is 22.7. The van der Waals surface area contributed by atoms with Crippen LogP contribution in [-0.2, 0) is 16.0 Å². The van der Waals surface area contributed by atoms with Gasteiger partial charge in [-0.05, 0) is 24.8 Å². The Balaban J connectivity index is 1.57. The van der Waals surface area contributed by atoms with Gasteiger partial charge >= 0.3 is 0 Å². The minimum absolute atomic E-state index is 0.134. The van der Waals surface area contributed by atoms with Gasteiger partial charge in [0.2, 0.25) is 5.82 Å². The summed E-state index contributed by atoms with van der Waals surface area (Å²) in [6, 6.07) is 10.0. The summed E-state index contributed by atoms with van der Waals surface area (Å²) >= 11 is 0. The highest BCUT2D eigenvalue weighted by Crippen LogP contribution is 2.32. The van der Waals surface area contributed by atoms with Crippen molar-refractivity contribution in [2.45, 2.75) is 44.3 Å². The molecule has 0 saturated carbocycles. The van der Waals surface area contributed by atoms with Crippen LogP contribution in [0.25, 0.3) is 11.2 Å². The van der Waals surface area contributed by atoms with Crippen molar-refractivity contribution in [2.24, 2.45) is 0 Å². The van der Waals surface area contributed by atoms with Crippen LogP contribution in [0, 0.1) is 11.8 Å². The topological polar surface area (TPSA) is 148 Å². The van der Waals surface area contributed by atoms with Crippen LogP contribution < -0.4 is 11.1 Å². The summed E-state index contributed by atoms with van der Waals surface area (Å²) in [7, 11) is 0. The van der Waals surface area contributed by atoms with Gasteiger partial charge in [0.15, 0.2) is 23.8 Å². The Bertz CT molecular complexity index is 1170. The number of anilines is 1. The molecule has 32 heavy (non-hydrogen) atoms. The number of fused-ring (bicyclic) bond motifs is 1. The van der Waals surface area contributed by atoms with Gasteiger partial charge in [-0.25, -0.2) is 15.0 Å². The Morgan fingerprint density at radius 2 is 2.03 bits per heavy atom. The number of carbonyl (C=O) groups is 1. The molecule has 0 aliphatic carbocycles. The second-order valence-corrected chi connectivity index (χ2v) is 7.37. The van der Waals surface area contributed by atoms with E-state index in [0.717, 1.165) is 6.42 Å². The molecule has 4 rings (SSSR count). The number of nitrogens with zero attached hydrogens (tertiary/aromatic N) is 4. The fraction of sp³-hybridized carbons (Fsp3) is 0.364. The molecule has 5 N–H and O–H groups in total. The molecule has 1 amide bonds. The SMILES string of the molecule is CCNC(=O)[C@H]1OC(n2cnc3c(N)nc(C#CCCc4ccccc4)nc32)[C@H](O)[C@@H]1O. The number of amides is 1. The molecule has 0 bridgehead atoms. The lowest BCUT2D eigenvalue weighted by atomic mass is 10.1. The van der Waals surface area contributed by atoms with Gasteiger partial charge in [-0.1, -0.05) is 36.3 Å². The number of aryl methyl sites for hydroxylation is 1. The third-order valence-corrected chi connectivity index (χ3v) is 5.15. The number of rotatable bonds is 5. The molecular weight excluding hydrogens is 412 g/mol. The number of nitrogen functional groups attached to an aromatic ring is 1. The van der Waals surface area contributed by atoms with Gasteiger partial charge in [0.1, 0.15) is 17.7 Å². The van der Waals surface area contributed by atoms with E-state index in [4.69, 9.17) is 10.5 Å². The van der Waals surface area contributed by atoms with Crippen molar-refractivity contribution >= 4 is 22.9 Å². The van der Waals surface area contributed by atoms with E-state index in [-0.39, 0.29) is 17.3 Å². The Kier molecular flexibility index (Phi) is 6.32. The summed E-state index contributed by atoms with van der Waals surface area (Å²) in [6.07, 6.45) is -2.26. The second kappa shape index (κ2) is 9.32. The fourth-order valence-corrected chi connectivity index (χ4v) is 3.55. The van der Waals surface area contributed by atoms with Crippen molar-refractivity contribution in [1.29, 1.82) is 0 Å². The molecule has 0 radical (unpaired) electrons. The minimum Gasteiger partial charge on any atom is -0.387 e. The first-order chi connectivity index (χ1) is 15.5. The predicted octanol–water partition coefficient (Wildman–Crippen LogP) is 0.148. The number of imidazole rings is 1. The van der Waals surface area contributed by atoms with E-state index in [1.54, 1.807) is 6.92 Å². The lowest BCUT2D eigenvalue weighted by Gasteiger charge is -2.16. The van der Waals surface area contributed by atoms with E-state index in [1.807, 2.05) is 30.3 Å². The van der Waals surface area contributed by atoms with Gasteiger partial charge < -0.3 is 26.0 Å². The van der Waals surface area contributed by atoms with Crippen LogP contribution in [0.1, 0.15) is 31.0 Å². The largest absolute Gasteiger partial charge is 0.387 e. The summed E-state index contributed by atoms with van der Waals surface area (Å²) in [5.41, 5.74) is 7.81. The minimum atomic E-state index is -1.40. The number of aliphatic hydroxyl groups is 2. The third-order valence-electron chi connectivity index (χ3n) is 5.15. The molecule has 1 saturated heterocycles. The predicted molar refractivity (Wildman–Crippen MR) is 116 cm³/mol. The van der Waals surface area contributed by atoms with Crippen LogP contribution >= 0.6 is 0 Å². The zero-order valence-electron chi connectivity index (χ0n) is 17.5. The molecule has 1 aliphatic rings. The van der Waals surface area contributed by atoms with Crippen LogP contribution in [0.3, 0.4) is 0 Å². The number of hydrogen-bond acceptors (Lipinski definition) is 8. The molecular formula is C22H24N6O4. The van der Waals surface area contributed by atoms with E-state index in [9.17, 15) is 15.0 Å². The number of nitrogens with two attached hydrogens (primary N) is 1. The molecule has 0 spiro atoms. The Morgan fingerprint density at radius 1 is 1.25 bits per heavy atom. The van der Waals surface area contributed by atoms with Gasteiger partial charge in [-0.15, -0.1) is 0 Å². The number of ether oxygens (including phenoxy) is 1. The Morgan fingerprint density at radius 3 is 2.78 bits per heavy atom. The van der Waals surface area contributed by atoms with Crippen LogP contribution in [-0.4, -0.2) is 60.5 Å². The van der Waals surface area contributed by atoms with E-state index < -0.39 is 30.4 Å². The summed E-state index contributed by atoms with van der Waals surface area (Å²) in [5.74, 6) is 5.78. The second-order valence-electron chi connectivity index (χ2n) is 7.37. The first kappa shape index (κ1) is 21.7. The number of aromatic nitrogens is 4. The molecule has 3 aromatic rings. The number of aliphatic hydroxyl groups excluding tert-OH is 2. The maximum atomic E-state index is 12.1. The molecule has 2 aromatic heterocycles. The van der Waals surface area contributed by atoms with E-state index in [2.05, 4.69) is 32.1 Å². The monoisotopic (exact) mass is 436 g/mol. The molecule has 1 fully saturated rings. The number of benzene rings is 1. The standard InChI is InChI=1S/C22H24N6O4/c1-2-24-21(31)18-16(29)17(30)22(32-18)28-12-25-15-19(23)26-14(27-20(15)28)11-7-6-10-13-8-4-3-5-9-13/h3-5,8-9,12,16-18,22,29-30H,2,6,10H2,1H3,(H,24,31)(H2,23,26,27)/t16-,17+,18-,22?/m0/s1. The molecule has 4 atom stereocenters. The summed E-state index contributed by atoms with van der Waals surface area (Å²) in [6.45, 7) is 2.12. The highest BCUT2D eigenvalue weighted by atomic mass is 16.6.